The number of carbonyl (C=O) groups excluding carboxylic acids is 1. The second-order valence-corrected chi connectivity index (χ2v) is 8.10. The maximum absolute atomic E-state index is 12.3. The van der Waals surface area contributed by atoms with Crippen molar-refractivity contribution in [3.05, 3.63) is 109 Å². The summed E-state index contributed by atoms with van der Waals surface area (Å²) >= 11 is 2.19. The lowest BCUT2D eigenvalue weighted by Gasteiger charge is -2.05. The zero-order valence-electron chi connectivity index (χ0n) is 16.2. The number of nitro benzene ring substituents is 1. The first-order valence-corrected chi connectivity index (χ1v) is 10.5. The Hall–Kier alpha value is -3.53. The Morgan fingerprint density at radius 1 is 1.06 bits per heavy atom. The molecule has 0 aliphatic carbocycles. The topological polar surface area (TPSA) is 89.5 Å². The van der Waals surface area contributed by atoms with Crippen LogP contribution >= 0.6 is 22.6 Å². The molecule has 7 nitrogen and oxygen atoms in total. The van der Waals surface area contributed by atoms with Gasteiger partial charge in [0.2, 0.25) is 0 Å². The molecule has 0 aliphatic heterocycles. The highest BCUT2D eigenvalue weighted by atomic mass is 127. The highest BCUT2D eigenvalue weighted by Crippen LogP contribution is 2.22. The quantitative estimate of drug-likeness (QED) is 0.167. The van der Waals surface area contributed by atoms with Gasteiger partial charge >= 0.3 is 0 Å². The Bertz CT molecular complexity index is 1280. The average Bonchev–Trinajstić information content (AvgIpc) is 3.12. The maximum Gasteiger partial charge on any atom is 0.271 e. The first-order valence-electron chi connectivity index (χ1n) is 9.41. The van der Waals surface area contributed by atoms with E-state index in [0.29, 0.717) is 12.1 Å². The van der Waals surface area contributed by atoms with Gasteiger partial charge in [0.15, 0.2) is 0 Å². The molecule has 1 heterocycles. The molecule has 1 amide bonds. The van der Waals surface area contributed by atoms with Crippen LogP contribution in [0.15, 0.2) is 84.1 Å². The molecule has 4 rings (SSSR count). The van der Waals surface area contributed by atoms with E-state index >= 15 is 0 Å². The number of para-hydroxylation sites is 1. The maximum atomic E-state index is 12.3. The summed E-state index contributed by atoms with van der Waals surface area (Å²) in [6.07, 6.45) is 3.58. The lowest BCUT2D eigenvalue weighted by molar-refractivity contribution is -0.384. The van der Waals surface area contributed by atoms with Crippen LogP contribution in [-0.2, 0) is 6.54 Å². The van der Waals surface area contributed by atoms with E-state index in [1.54, 1.807) is 30.5 Å². The van der Waals surface area contributed by atoms with E-state index in [4.69, 9.17) is 0 Å². The van der Waals surface area contributed by atoms with Crippen LogP contribution in [0.5, 0.6) is 0 Å². The van der Waals surface area contributed by atoms with Gasteiger partial charge in [0, 0.05) is 50.5 Å². The molecule has 0 aliphatic rings. The molecule has 0 fully saturated rings. The van der Waals surface area contributed by atoms with Crippen molar-refractivity contribution in [3.8, 4) is 0 Å². The number of hydrazone groups is 1. The van der Waals surface area contributed by atoms with E-state index in [1.165, 1.54) is 12.1 Å². The molecule has 0 unspecified atom stereocenters. The van der Waals surface area contributed by atoms with Crippen molar-refractivity contribution in [2.24, 2.45) is 5.10 Å². The van der Waals surface area contributed by atoms with Crippen molar-refractivity contribution in [3.63, 3.8) is 0 Å². The Labute approximate surface area is 191 Å². The van der Waals surface area contributed by atoms with Gasteiger partial charge in [-0.25, -0.2) is 5.43 Å². The first kappa shape index (κ1) is 20.7. The number of benzene rings is 3. The molecule has 0 bridgehead atoms. The van der Waals surface area contributed by atoms with Crippen LogP contribution in [0.3, 0.4) is 0 Å². The fourth-order valence-electron chi connectivity index (χ4n) is 3.25. The normalized spacial score (nSPS) is 11.1. The summed E-state index contributed by atoms with van der Waals surface area (Å²) in [7, 11) is 0. The van der Waals surface area contributed by atoms with Gasteiger partial charge in [0.25, 0.3) is 11.6 Å². The molecule has 0 spiro atoms. The third kappa shape index (κ3) is 4.80. The fourth-order valence-corrected chi connectivity index (χ4v) is 3.61. The second kappa shape index (κ2) is 9.09. The Balaban J connectivity index is 1.54. The largest absolute Gasteiger partial charge is 0.342 e. The van der Waals surface area contributed by atoms with Crippen LogP contribution < -0.4 is 5.43 Å². The first-order chi connectivity index (χ1) is 15.0. The number of carbonyl (C=O) groups is 1. The van der Waals surface area contributed by atoms with E-state index in [1.807, 2.05) is 42.6 Å². The smallest absolute Gasteiger partial charge is 0.271 e. The minimum absolute atomic E-state index is 0.0674. The zero-order chi connectivity index (χ0) is 21.8. The van der Waals surface area contributed by atoms with Crippen molar-refractivity contribution >= 4 is 51.3 Å². The van der Waals surface area contributed by atoms with Crippen molar-refractivity contribution in [2.45, 2.75) is 6.54 Å². The van der Waals surface area contributed by atoms with Crippen molar-refractivity contribution < 1.29 is 9.72 Å². The van der Waals surface area contributed by atoms with Crippen LogP contribution in [0, 0.1) is 13.7 Å². The molecule has 0 atom stereocenters. The SMILES string of the molecule is O=C(N/N=C\c1cn(Cc2ccc([N+](=O)[O-])cc2)c2ccccc12)c1ccc(I)cc1. The molecule has 1 N–H and O–H groups in total. The molecule has 4 aromatic rings. The Morgan fingerprint density at radius 3 is 2.48 bits per heavy atom. The molecule has 0 radical (unpaired) electrons. The van der Waals surface area contributed by atoms with Crippen molar-refractivity contribution in [2.75, 3.05) is 0 Å². The molecular formula is C23H17IN4O3. The number of hydrogen-bond donors (Lipinski definition) is 1. The molecule has 154 valence electrons. The van der Waals surface area contributed by atoms with Crippen molar-refractivity contribution in [1.82, 2.24) is 9.99 Å². The standard InChI is InChI=1S/C23H17IN4O3/c24-19-9-7-17(8-10-19)23(29)26-25-13-18-15-27(22-4-2-1-3-21(18)22)14-16-5-11-20(12-6-16)28(30)31/h1-13,15H,14H2,(H,26,29)/b25-13-. The molecule has 0 saturated carbocycles. The van der Waals surface area contributed by atoms with Gasteiger partial charge in [-0.05, 0) is 58.5 Å². The summed E-state index contributed by atoms with van der Waals surface area (Å²) < 4.78 is 3.11. The van der Waals surface area contributed by atoms with Crippen LogP contribution in [0.2, 0.25) is 0 Å². The van der Waals surface area contributed by atoms with Crippen LogP contribution in [0.4, 0.5) is 5.69 Å². The van der Waals surface area contributed by atoms with E-state index in [2.05, 4.69) is 37.7 Å². The number of halogens is 1. The van der Waals surface area contributed by atoms with E-state index in [0.717, 1.165) is 25.6 Å². The third-order valence-corrected chi connectivity index (χ3v) is 5.51. The summed E-state index contributed by atoms with van der Waals surface area (Å²) in [4.78, 5) is 22.7. The van der Waals surface area contributed by atoms with E-state index < -0.39 is 4.92 Å². The number of rotatable bonds is 6. The molecule has 3 aromatic carbocycles. The molecule has 1 aromatic heterocycles. The van der Waals surface area contributed by atoms with Gasteiger partial charge in [-0.1, -0.05) is 30.3 Å². The van der Waals surface area contributed by atoms with Gasteiger partial charge in [0.1, 0.15) is 0 Å². The predicted molar refractivity (Wildman–Crippen MR) is 128 cm³/mol. The summed E-state index contributed by atoms with van der Waals surface area (Å²) in [5.74, 6) is -0.276. The second-order valence-electron chi connectivity index (χ2n) is 6.86. The third-order valence-electron chi connectivity index (χ3n) is 4.80. The number of nitro groups is 1. The number of fused-ring (bicyclic) bond motifs is 1. The lowest BCUT2D eigenvalue weighted by atomic mass is 10.2. The Kier molecular flexibility index (Phi) is 6.08. The van der Waals surface area contributed by atoms with E-state index in [9.17, 15) is 14.9 Å². The molecule has 31 heavy (non-hydrogen) atoms. The summed E-state index contributed by atoms with van der Waals surface area (Å²) in [6, 6.07) is 21.6. The predicted octanol–water partition coefficient (Wildman–Crippen LogP) is 4.97. The number of aromatic nitrogens is 1. The van der Waals surface area contributed by atoms with Gasteiger partial charge in [0.05, 0.1) is 11.1 Å². The van der Waals surface area contributed by atoms with Gasteiger partial charge in [-0.2, -0.15) is 5.10 Å². The number of hydrogen-bond acceptors (Lipinski definition) is 4. The number of nitrogens with zero attached hydrogens (tertiary/aromatic N) is 3. The van der Waals surface area contributed by atoms with Crippen molar-refractivity contribution in [1.29, 1.82) is 0 Å². The van der Waals surface area contributed by atoms with Crippen LogP contribution in [0.25, 0.3) is 10.9 Å². The van der Waals surface area contributed by atoms with Gasteiger partial charge in [-0.15, -0.1) is 0 Å². The van der Waals surface area contributed by atoms with Crippen LogP contribution in [0.1, 0.15) is 21.5 Å². The zero-order valence-corrected chi connectivity index (χ0v) is 18.4. The summed E-state index contributed by atoms with van der Waals surface area (Å²) in [6.45, 7) is 0.557. The minimum atomic E-state index is -0.409. The molecule has 8 heteroatoms. The van der Waals surface area contributed by atoms with Crippen LogP contribution in [-0.4, -0.2) is 21.6 Å². The summed E-state index contributed by atoms with van der Waals surface area (Å²) in [5.41, 5.74) is 5.98. The summed E-state index contributed by atoms with van der Waals surface area (Å²) in [5, 5.41) is 16.0. The number of nitrogens with one attached hydrogen (secondary N) is 1. The van der Waals surface area contributed by atoms with E-state index in [-0.39, 0.29) is 11.6 Å². The minimum Gasteiger partial charge on any atom is -0.342 e. The number of non-ortho nitro benzene ring substituents is 1. The molecular weight excluding hydrogens is 507 g/mol. The fraction of sp³-hybridized carbons (Fsp3) is 0.0435. The number of amides is 1. The van der Waals surface area contributed by atoms with Gasteiger partial charge < -0.3 is 4.57 Å². The molecule has 0 saturated heterocycles. The highest BCUT2D eigenvalue weighted by molar-refractivity contribution is 14.1. The van der Waals surface area contributed by atoms with Gasteiger partial charge in [-0.3, -0.25) is 14.9 Å². The Morgan fingerprint density at radius 2 is 1.77 bits per heavy atom. The monoisotopic (exact) mass is 524 g/mol. The average molecular weight is 524 g/mol. The highest BCUT2D eigenvalue weighted by Gasteiger charge is 2.09. The lowest BCUT2D eigenvalue weighted by Crippen LogP contribution is -2.17.